The average molecular weight is 412 g/mol. The summed E-state index contributed by atoms with van der Waals surface area (Å²) in [6.07, 6.45) is 0. The molecule has 0 aliphatic rings. The predicted molar refractivity (Wildman–Crippen MR) is 117 cm³/mol. The molecule has 0 heterocycles. The van der Waals surface area contributed by atoms with Crippen LogP contribution in [0.3, 0.4) is 0 Å². The van der Waals surface area contributed by atoms with E-state index in [1.165, 1.54) is 31.4 Å². The fraction of sp³-hybridized carbons (Fsp3) is 0.318. The van der Waals surface area contributed by atoms with Crippen molar-refractivity contribution < 1.29 is 19.1 Å². The van der Waals surface area contributed by atoms with Gasteiger partial charge in [0.25, 0.3) is 0 Å². The first-order valence-electron chi connectivity index (χ1n) is 9.44. The Labute approximate surface area is 176 Å². The lowest BCUT2D eigenvalue weighted by molar-refractivity contribution is -0.136. The van der Waals surface area contributed by atoms with Crippen LogP contribution in [0.4, 0.5) is 11.4 Å². The van der Waals surface area contributed by atoms with Gasteiger partial charge in [-0.15, -0.1) is 0 Å². The van der Waals surface area contributed by atoms with Crippen LogP contribution >= 0.6 is 0 Å². The summed E-state index contributed by atoms with van der Waals surface area (Å²) < 4.78 is 4.63. The summed E-state index contributed by atoms with van der Waals surface area (Å²) in [5.74, 6) is -1.98. The van der Waals surface area contributed by atoms with Crippen LogP contribution in [0.15, 0.2) is 48.5 Å². The molecule has 30 heavy (non-hydrogen) atoms. The van der Waals surface area contributed by atoms with E-state index in [1.54, 1.807) is 0 Å². The molecule has 0 saturated heterocycles. The second-order valence-electron chi connectivity index (χ2n) is 7.20. The van der Waals surface area contributed by atoms with Gasteiger partial charge in [-0.2, -0.15) is 0 Å². The largest absolute Gasteiger partial charge is 0.465 e. The minimum Gasteiger partial charge on any atom is -0.465 e. The maximum absolute atomic E-state index is 12.2. The molecule has 0 fully saturated rings. The first-order chi connectivity index (χ1) is 14.2. The van der Waals surface area contributed by atoms with Crippen LogP contribution in [0.2, 0.25) is 0 Å². The number of hydrogen-bond acceptors (Lipinski definition) is 6. The van der Waals surface area contributed by atoms with Crippen molar-refractivity contribution in [1.82, 2.24) is 10.2 Å². The number of hydrogen-bond donors (Lipinski definition) is 2. The van der Waals surface area contributed by atoms with Crippen molar-refractivity contribution >= 4 is 29.2 Å². The molecule has 0 saturated carbocycles. The lowest BCUT2D eigenvalue weighted by atomic mass is 10.1. The fourth-order valence-corrected chi connectivity index (χ4v) is 2.86. The van der Waals surface area contributed by atoms with E-state index in [0.29, 0.717) is 11.3 Å². The topological polar surface area (TPSA) is 91.0 Å². The molecule has 0 spiro atoms. The van der Waals surface area contributed by atoms with Crippen molar-refractivity contribution in [1.29, 1.82) is 0 Å². The standard InChI is InChI=1S/C22H28N4O4/c1-25(2)18-12-8-15(9-13-18)19(26(3)4)14-23-20(27)21(28)24-17-10-6-16(7-11-17)22(29)30-5/h6-13,19H,14H2,1-5H3,(H,23,27)(H,24,28)/t19-/m0/s1. The molecule has 2 aromatic carbocycles. The van der Waals surface area contributed by atoms with E-state index in [1.807, 2.05) is 62.3 Å². The fourth-order valence-electron chi connectivity index (χ4n) is 2.86. The summed E-state index contributed by atoms with van der Waals surface area (Å²) in [4.78, 5) is 39.9. The second-order valence-corrected chi connectivity index (χ2v) is 7.20. The smallest absolute Gasteiger partial charge is 0.337 e. The third-order valence-electron chi connectivity index (χ3n) is 4.64. The summed E-state index contributed by atoms with van der Waals surface area (Å²) in [5, 5.41) is 5.20. The van der Waals surface area contributed by atoms with E-state index in [4.69, 9.17) is 0 Å². The zero-order valence-corrected chi connectivity index (χ0v) is 17.9. The summed E-state index contributed by atoms with van der Waals surface area (Å²) in [6, 6.07) is 14.1. The quantitative estimate of drug-likeness (QED) is 0.533. The van der Waals surface area contributed by atoms with Crippen LogP contribution in [0.25, 0.3) is 0 Å². The number of nitrogens with one attached hydrogen (secondary N) is 2. The highest BCUT2D eigenvalue weighted by Crippen LogP contribution is 2.21. The Morgan fingerprint density at radius 1 is 0.900 bits per heavy atom. The Morgan fingerprint density at radius 3 is 2.00 bits per heavy atom. The van der Waals surface area contributed by atoms with Crippen LogP contribution in [0.5, 0.6) is 0 Å². The zero-order valence-electron chi connectivity index (χ0n) is 17.9. The average Bonchev–Trinajstić information content (AvgIpc) is 2.73. The number of methoxy groups -OCH3 is 1. The highest BCUT2D eigenvalue weighted by molar-refractivity contribution is 6.39. The molecular formula is C22H28N4O4. The summed E-state index contributed by atoms with van der Waals surface area (Å²) in [5.41, 5.74) is 2.88. The van der Waals surface area contributed by atoms with Crippen LogP contribution in [-0.4, -0.2) is 64.5 Å². The summed E-state index contributed by atoms with van der Waals surface area (Å²) >= 11 is 0. The Hall–Kier alpha value is -3.39. The molecular weight excluding hydrogens is 384 g/mol. The lowest BCUT2D eigenvalue weighted by Gasteiger charge is -2.25. The van der Waals surface area contributed by atoms with Gasteiger partial charge in [0.05, 0.1) is 18.7 Å². The van der Waals surface area contributed by atoms with Crippen molar-refractivity contribution in [2.45, 2.75) is 6.04 Å². The van der Waals surface area contributed by atoms with Crippen LogP contribution in [-0.2, 0) is 14.3 Å². The minimum absolute atomic E-state index is 0.0858. The van der Waals surface area contributed by atoms with Gasteiger partial charge in [-0.25, -0.2) is 4.79 Å². The van der Waals surface area contributed by atoms with Gasteiger partial charge in [-0.1, -0.05) is 12.1 Å². The number of anilines is 2. The van der Waals surface area contributed by atoms with Gasteiger partial charge < -0.3 is 25.2 Å². The zero-order chi connectivity index (χ0) is 22.3. The SMILES string of the molecule is COC(=O)c1ccc(NC(=O)C(=O)NC[C@@H](c2ccc(N(C)C)cc2)N(C)C)cc1. The number of benzene rings is 2. The van der Waals surface area contributed by atoms with Crippen molar-refractivity contribution in [2.24, 2.45) is 0 Å². The third kappa shape index (κ3) is 6.05. The van der Waals surface area contributed by atoms with Crippen molar-refractivity contribution in [3.8, 4) is 0 Å². The lowest BCUT2D eigenvalue weighted by Crippen LogP contribution is -2.40. The molecule has 2 aromatic rings. The van der Waals surface area contributed by atoms with Gasteiger partial charge in [-0.05, 0) is 56.1 Å². The third-order valence-corrected chi connectivity index (χ3v) is 4.64. The Kier molecular flexibility index (Phi) is 7.94. The number of esters is 1. The Bertz CT molecular complexity index is 877. The number of amides is 2. The molecule has 8 heteroatoms. The molecule has 2 N–H and O–H groups in total. The molecule has 2 amide bonds. The van der Waals surface area contributed by atoms with Gasteiger partial charge in [0.15, 0.2) is 0 Å². The van der Waals surface area contributed by atoms with Crippen molar-refractivity contribution in [3.05, 3.63) is 59.7 Å². The molecule has 160 valence electrons. The van der Waals surface area contributed by atoms with E-state index >= 15 is 0 Å². The van der Waals surface area contributed by atoms with Gasteiger partial charge in [0.2, 0.25) is 0 Å². The van der Waals surface area contributed by atoms with E-state index in [9.17, 15) is 14.4 Å². The normalized spacial score (nSPS) is 11.5. The van der Waals surface area contributed by atoms with E-state index in [2.05, 4.69) is 15.4 Å². The van der Waals surface area contributed by atoms with Gasteiger partial charge >= 0.3 is 17.8 Å². The molecule has 0 aliphatic carbocycles. The van der Waals surface area contributed by atoms with Crippen LogP contribution < -0.4 is 15.5 Å². The molecule has 0 unspecified atom stereocenters. The maximum Gasteiger partial charge on any atom is 0.337 e. The summed E-state index contributed by atoms with van der Waals surface area (Å²) in [6.45, 7) is 0.280. The molecule has 0 aromatic heterocycles. The number of ether oxygens (including phenoxy) is 1. The van der Waals surface area contributed by atoms with E-state index < -0.39 is 17.8 Å². The number of likely N-dealkylation sites (N-methyl/N-ethyl adjacent to an activating group) is 1. The number of rotatable bonds is 7. The minimum atomic E-state index is -0.777. The Morgan fingerprint density at radius 2 is 1.50 bits per heavy atom. The molecule has 2 rings (SSSR count). The molecule has 8 nitrogen and oxygen atoms in total. The monoisotopic (exact) mass is 412 g/mol. The molecule has 1 atom stereocenters. The first-order valence-corrected chi connectivity index (χ1v) is 9.44. The summed E-state index contributed by atoms with van der Waals surface area (Å²) in [7, 11) is 9.07. The van der Waals surface area contributed by atoms with Crippen molar-refractivity contribution in [2.75, 3.05) is 52.1 Å². The van der Waals surface area contributed by atoms with E-state index in [-0.39, 0.29) is 12.6 Å². The van der Waals surface area contributed by atoms with E-state index in [0.717, 1.165) is 11.3 Å². The molecule has 0 radical (unpaired) electrons. The Balaban J connectivity index is 1.96. The van der Waals surface area contributed by atoms with Crippen LogP contribution in [0, 0.1) is 0 Å². The van der Waals surface area contributed by atoms with Gasteiger partial charge in [0.1, 0.15) is 0 Å². The second kappa shape index (κ2) is 10.4. The highest BCUT2D eigenvalue weighted by atomic mass is 16.5. The molecule has 0 bridgehead atoms. The predicted octanol–water partition coefficient (Wildman–Crippen LogP) is 1.90. The number of carbonyl (C=O) groups is 3. The maximum atomic E-state index is 12.2. The first kappa shape index (κ1) is 22.9. The number of carbonyl (C=O) groups excluding carboxylic acids is 3. The highest BCUT2D eigenvalue weighted by Gasteiger charge is 2.19. The number of nitrogens with zero attached hydrogens (tertiary/aromatic N) is 2. The van der Waals surface area contributed by atoms with Gasteiger partial charge in [0, 0.05) is 32.0 Å². The van der Waals surface area contributed by atoms with Gasteiger partial charge in [-0.3, -0.25) is 9.59 Å². The van der Waals surface area contributed by atoms with Crippen molar-refractivity contribution in [3.63, 3.8) is 0 Å². The molecule has 0 aliphatic heterocycles. The van der Waals surface area contributed by atoms with Crippen LogP contribution in [0.1, 0.15) is 22.0 Å².